The normalized spacial score (nSPS) is 17.8. The standard InChI is InChI=1S/C15H17NO5/c17-14(7-8-15(18)19)16-11-3-5-12(6-4-11)21-10-13-2-1-9-20-13/h3-8,13H,1-2,9-10H2,(H,16,17)(H,18,19)/b8-7+/t13-/m1/s1. The predicted octanol–water partition coefficient (Wildman–Crippen LogP) is 1.82. The molecule has 112 valence electrons. The maximum atomic E-state index is 11.4. The topological polar surface area (TPSA) is 84.9 Å². The van der Waals surface area contributed by atoms with Gasteiger partial charge in [0.25, 0.3) is 0 Å². The highest BCUT2D eigenvalue weighted by Crippen LogP contribution is 2.18. The Morgan fingerprint density at radius 1 is 1.33 bits per heavy atom. The summed E-state index contributed by atoms with van der Waals surface area (Å²) in [5.74, 6) is -0.960. The third-order valence-corrected chi connectivity index (χ3v) is 2.96. The van der Waals surface area contributed by atoms with Crippen LogP contribution in [-0.4, -0.2) is 36.3 Å². The number of carboxylic acids is 1. The van der Waals surface area contributed by atoms with Gasteiger partial charge in [-0.1, -0.05) is 0 Å². The van der Waals surface area contributed by atoms with E-state index in [4.69, 9.17) is 14.6 Å². The van der Waals surface area contributed by atoms with Crippen LogP contribution in [-0.2, 0) is 14.3 Å². The van der Waals surface area contributed by atoms with Crippen LogP contribution < -0.4 is 10.1 Å². The van der Waals surface area contributed by atoms with Crippen LogP contribution >= 0.6 is 0 Å². The number of anilines is 1. The number of carbonyl (C=O) groups excluding carboxylic acids is 1. The van der Waals surface area contributed by atoms with Crippen molar-refractivity contribution in [3.63, 3.8) is 0 Å². The molecule has 0 saturated carbocycles. The van der Waals surface area contributed by atoms with Crippen molar-refractivity contribution >= 4 is 17.6 Å². The lowest BCUT2D eigenvalue weighted by Crippen LogP contribution is -2.16. The summed E-state index contributed by atoms with van der Waals surface area (Å²) < 4.78 is 11.1. The number of ether oxygens (including phenoxy) is 2. The van der Waals surface area contributed by atoms with E-state index in [-0.39, 0.29) is 6.10 Å². The minimum absolute atomic E-state index is 0.158. The fourth-order valence-electron chi connectivity index (χ4n) is 1.93. The first-order valence-electron chi connectivity index (χ1n) is 6.70. The van der Waals surface area contributed by atoms with Crippen LogP contribution in [0.1, 0.15) is 12.8 Å². The van der Waals surface area contributed by atoms with Crippen LogP contribution in [0.3, 0.4) is 0 Å². The molecular weight excluding hydrogens is 274 g/mol. The maximum absolute atomic E-state index is 11.4. The fraction of sp³-hybridized carbons (Fsp3) is 0.333. The highest BCUT2D eigenvalue weighted by Gasteiger charge is 2.15. The Balaban J connectivity index is 1.80. The van der Waals surface area contributed by atoms with Gasteiger partial charge >= 0.3 is 5.97 Å². The van der Waals surface area contributed by atoms with Crippen molar-refractivity contribution < 1.29 is 24.2 Å². The third-order valence-electron chi connectivity index (χ3n) is 2.96. The summed E-state index contributed by atoms with van der Waals surface area (Å²) in [7, 11) is 0. The summed E-state index contributed by atoms with van der Waals surface area (Å²) in [5.41, 5.74) is 0.569. The second-order valence-electron chi connectivity index (χ2n) is 4.63. The van der Waals surface area contributed by atoms with E-state index in [1.807, 2.05) is 0 Å². The highest BCUT2D eigenvalue weighted by atomic mass is 16.5. The molecule has 0 radical (unpaired) electrons. The zero-order valence-electron chi connectivity index (χ0n) is 11.5. The van der Waals surface area contributed by atoms with Gasteiger partial charge in [0.2, 0.25) is 5.91 Å². The Hall–Kier alpha value is -2.34. The van der Waals surface area contributed by atoms with E-state index in [0.29, 0.717) is 18.0 Å². The number of hydrogen-bond donors (Lipinski definition) is 2. The van der Waals surface area contributed by atoms with E-state index in [2.05, 4.69) is 5.32 Å². The lowest BCUT2D eigenvalue weighted by Gasteiger charge is -2.11. The van der Waals surface area contributed by atoms with E-state index < -0.39 is 11.9 Å². The lowest BCUT2D eigenvalue weighted by atomic mass is 10.2. The molecule has 0 spiro atoms. The molecule has 1 aromatic carbocycles. The molecule has 2 N–H and O–H groups in total. The molecule has 1 amide bonds. The van der Waals surface area contributed by atoms with Gasteiger partial charge < -0.3 is 19.9 Å². The molecule has 0 bridgehead atoms. The van der Waals surface area contributed by atoms with Crippen LogP contribution in [0.15, 0.2) is 36.4 Å². The van der Waals surface area contributed by atoms with Crippen molar-refractivity contribution in [3.8, 4) is 5.75 Å². The van der Waals surface area contributed by atoms with E-state index in [1.165, 1.54) is 0 Å². The number of benzene rings is 1. The smallest absolute Gasteiger partial charge is 0.328 e. The van der Waals surface area contributed by atoms with E-state index in [0.717, 1.165) is 31.6 Å². The molecule has 21 heavy (non-hydrogen) atoms. The molecule has 0 aliphatic carbocycles. The van der Waals surface area contributed by atoms with Gasteiger partial charge in [0.05, 0.1) is 6.10 Å². The average molecular weight is 291 g/mol. The first kappa shape index (κ1) is 15.1. The monoisotopic (exact) mass is 291 g/mol. The quantitative estimate of drug-likeness (QED) is 0.781. The van der Waals surface area contributed by atoms with E-state index in [9.17, 15) is 9.59 Å². The van der Waals surface area contributed by atoms with Crippen LogP contribution in [0, 0.1) is 0 Å². The summed E-state index contributed by atoms with van der Waals surface area (Å²) >= 11 is 0. The molecule has 1 aliphatic heterocycles. The van der Waals surface area contributed by atoms with Gasteiger partial charge in [-0.3, -0.25) is 4.79 Å². The van der Waals surface area contributed by atoms with Crippen LogP contribution in [0.2, 0.25) is 0 Å². The number of rotatable bonds is 6. The Bertz CT molecular complexity index is 517. The number of aliphatic carboxylic acids is 1. The Labute approximate surface area is 122 Å². The van der Waals surface area contributed by atoms with E-state index in [1.54, 1.807) is 24.3 Å². The molecule has 1 aliphatic rings. The lowest BCUT2D eigenvalue weighted by molar-refractivity contribution is -0.131. The average Bonchev–Trinajstić information content (AvgIpc) is 2.98. The van der Waals surface area contributed by atoms with Crippen molar-refractivity contribution in [2.75, 3.05) is 18.5 Å². The summed E-state index contributed by atoms with van der Waals surface area (Å²) in [6.45, 7) is 1.32. The second kappa shape index (κ2) is 7.44. The molecular formula is C15H17NO5. The fourth-order valence-corrected chi connectivity index (χ4v) is 1.93. The Kier molecular flexibility index (Phi) is 5.34. The first-order chi connectivity index (χ1) is 10.1. The van der Waals surface area contributed by atoms with Gasteiger partial charge in [-0.25, -0.2) is 4.79 Å². The summed E-state index contributed by atoms with van der Waals surface area (Å²) in [4.78, 5) is 21.7. The number of nitrogens with one attached hydrogen (secondary N) is 1. The van der Waals surface area contributed by atoms with Crippen LogP contribution in [0.25, 0.3) is 0 Å². The molecule has 6 heteroatoms. The largest absolute Gasteiger partial charge is 0.491 e. The molecule has 2 rings (SSSR count). The number of hydrogen-bond acceptors (Lipinski definition) is 4. The van der Waals surface area contributed by atoms with Gasteiger partial charge in [0.15, 0.2) is 0 Å². The van der Waals surface area contributed by atoms with Crippen LogP contribution in [0.4, 0.5) is 5.69 Å². The minimum atomic E-state index is -1.16. The second-order valence-corrected chi connectivity index (χ2v) is 4.63. The molecule has 1 atom stereocenters. The SMILES string of the molecule is O=C(O)/C=C/C(=O)Nc1ccc(OC[C@H]2CCCO2)cc1. The molecule has 1 aromatic rings. The van der Waals surface area contributed by atoms with Crippen molar-refractivity contribution in [1.29, 1.82) is 0 Å². The molecule has 1 saturated heterocycles. The Morgan fingerprint density at radius 2 is 2.10 bits per heavy atom. The van der Waals surface area contributed by atoms with Crippen molar-refractivity contribution in [3.05, 3.63) is 36.4 Å². The van der Waals surface area contributed by atoms with Gasteiger partial charge in [0.1, 0.15) is 12.4 Å². The molecule has 1 fully saturated rings. The summed E-state index contributed by atoms with van der Waals surface area (Å²) in [6.07, 6.45) is 4.00. The van der Waals surface area contributed by atoms with Crippen molar-refractivity contribution in [1.82, 2.24) is 0 Å². The molecule has 0 unspecified atom stereocenters. The Morgan fingerprint density at radius 3 is 2.71 bits per heavy atom. The zero-order chi connectivity index (χ0) is 15.1. The summed E-state index contributed by atoms with van der Waals surface area (Å²) in [6, 6.07) is 6.87. The number of carboxylic acid groups (broad SMARTS) is 1. The number of carbonyl (C=O) groups is 2. The van der Waals surface area contributed by atoms with Gasteiger partial charge in [-0.15, -0.1) is 0 Å². The van der Waals surface area contributed by atoms with Crippen molar-refractivity contribution in [2.24, 2.45) is 0 Å². The maximum Gasteiger partial charge on any atom is 0.328 e. The van der Waals surface area contributed by atoms with Crippen LogP contribution in [0.5, 0.6) is 5.75 Å². The number of amides is 1. The van der Waals surface area contributed by atoms with Crippen molar-refractivity contribution in [2.45, 2.75) is 18.9 Å². The van der Waals surface area contributed by atoms with Gasteiger partial charge in [-0.05, 0) is 37.1 Å². The van der Waals surface area contributed by atoms with E-state index >= 15 is 0 Å². The van der Waals surface area contributed by atoms with Gasteiger partial charge in [-0.2, -0.15) is 0 Å². The predicted molar refractivity (Wildman–Crippen MR) is 76.3 cm³/mol. The van der Waals surface area contributed by atoms with Gasteiger partial charge in [0, 0.05) is 24.4 Å². The summed E-state index contributed by atoms with van der Waals surface area (Å²) in [5, 5.41) is 11.0. The first-order valence-corrected chi connectivity index (χ1v) is 6.70. The third kappa shape index (κ3) is 5.27. The minimum Gasteiger partial charge on any atom is -0.491 e. The molecule has 0 aromatic heterocycles. The molecule has 6 nitrogen and oxygen atoms in total. The molecule has 1 heterocycles. The highest BCUT2D eigenvalue weighted by molar-refractivity contribution is 6.02. The zero-order valence-corrected chi connectivity index (χ0v) is 11.5.